The molecule has 2 amide bonds. The SMILES string of the molecule is C=CC(=O)N(C)CC(=O)N[C@@H](Cc1ccccc1)C(=O)O. The molecule has 1 aromatic rings. The van der Waals surface area contributed by atoms with Gasteiger partial charge in [-0.3, -0.25) is 9.59 Å². The van der Waals surface area contributed by atoms with Crippen LogP contribution in [0.4, 0.5) is 0 Å². The highest BCUT2D eigenvalue weighted by Gasteiger charge is 2.21. The van der Waals surface area contributed by atoms with E-state index in [1.165, 1.54) is 7.05 Å². The molecule has 0 unspecified atom stereocenters. The van der Waals surface area contributed by atoms with Crippen LogP contribution in [-0.4, -0.2) is 47.4 Å². The molecule has 1 atom stereocenters. The number of hydrogen-bond acceptors (Lipinski definition) is 3. The maximum absolute atomic E-state index is 11.8. The van der Waals surface area contributed by atoms with Gasteiger partial charge in [-0.2, -0.15) is 0 Å². The fourth-order valence-electron chi connectivity index (χ4n) is 1.74. The molecule has 0 bridgehead atoms. The summed E-state index contributed by atoms with van der Waals surface area (Å²) in [6.45, 7) is 3.10. The molecule has 0 spiro atoms. The standard InChI is InChI=1S/C15H18N2O4/c1-3-14(19)17(2)10-13(18)16-12(15(20)21)9-11-7-5-4-6-8-11/h3-8,12H,1,9-10H2,2H3,(H,16,18)(H,20,21)/t12-/m0/s1. The second-order valence-corrected chi connectivity index (χ2v) is 4.55. The first-order valence-corrected chi connectivity index (χ1v) is 6.37. The number of rotatable bonds is 7. The van der Waals surface area contributed by atoms with Crippen molar-refractivity contribution in [1.29, 1.82) is 0 Å². The third-order valence-electron chi connectivity index (χ3n) is 2.85. The van der Waals surface area contributed by atoms with Gasteiger partial charge in [0.15, 0.2) is 0 Å². The van der Waals surface area contributed by atoms with E-state index in [4.69, 9.17) is 5.11 Å². The highest BCUT2D eigenvalue weighted by Crippen LogP contribution is 2.03. The van der Waals surface area contributed by atoms with Crippen LogP contribution < -0.4 is 5.32 Å². The molecule has 0 fully saturated rings. The van der Waals surface area contributed by atoms with Gasteiger partial charge >= 0.3 is 5.97 Å². The summed E-state index contributed by atoms with van der Waals surface area (Å²) in [5.74, 6) is -2.05. The minimum Gasteiger partial charge on any atom is -0.480 e. The van der Waals surface area contributed by atoms with E-state index in [0.29, 0.717) is 0 Å². The number of hydrogen-bond donors (Lipinski definition) is 2. The van der Waals surface area contributed by atoms with Gasteiger partial charge in [-0.15, -0.1) is 0 Å². The average Bonchev–Trinajstić information content (AvgIpc) is 2.46. The van der Waals surface area contributed by atoms with Gasteiger partial charge in [0.05, 0.1) is 6.54 Å². The summed E-state index contributed by atoms with van der Waals surface area (Å²) in [6, 6.07) is 7.96. The summed E-state index contributed by atoms with van der Waals surface area (Å²) in [6.07, 6.45) is 1.27. The largest absolute Gasteiger partial charge is 0.480 e. The van der Waals surface area contributed by atoms with E-state index in [2.05, 4.69) is 11.9 Å². The van der Waals surface area contributed by atoms with Crippen molar-refractivity contribution >= 4 is 17.8 Å². The third-order valence-corrected chi connectivity index (χ3v) is 2.85. The maximum atomic E-state index is 11.8. The molecule has 0 aromatic heterocycles. The maximum Gasteiger partial charge on any atom is 0.326 e. The molecule has 0 heterocycles. The zero-order chi connectivity index (χ0) is 15.8. The summed E-state index contributed by atoms with van der Waals surface area (Å²) in [7, 11) is 1.44. The Balaban J connectivity index is 2.62. The Morgan fingerprint density at radius 3 is 2.48 bits per heavy atom. The molecule has 0 aliphatic heterocycles. The summed E-state index contributed by atoms with van der Waals surface area (Å²) < 4.78 is 0. The van der Waals surface area contributed by atoms with Crippen LogP contribution in [0.3, 0.4) is 0 Å². The van der Waals surface area contributed by atoms with Crippen LogP contribution in [0, 0.1) is 0 Å². The quantitative estimate of drug-likeness (QED) is 0.714. The van der Waals surface area contributed by atoms with Gasteiger partial charge in [-0.1, -0.05) is 36.9 Å². The molecule has 0 saturated heterocycles. The van der Waals surface area contributed by atoms with E-state index in [-0.39, 0.29) is 13.0 Å². The molecule has 1 rings (SSSR count). The molecule has 0 aliphatic carbocycles. The number of carbonyl (C=O) groups excluding carboxylic acids is 2. The number of likely N-dealkylation sites (N-methyl/N-ethyl adjacent to an activating group) is 1. The lowest BCUT2D eigenvalue weighted by molar-refractivity contribution is -0.142. The Morgan fingerprint density at radius 1 is 1.33 bits per heavy atom. The van der Waals surface area contributed by atoms with E-state index in [1.807, 2.05) is 6.07 Å². The summed E-state index contributed by atoms with van der Waals surface area (Å²) in [5, 5.41) is 11.6. The van der Waals surface area contributed by atoms with Crippen LogP contribution in [0.5, 0.6) is 0 Å². The van der Waals surface area contributed by atoms with Crippen LogP contribution in [-0.2, 0) is 20.8 Å². The normalized spacial score (nSPS) is 11.3. The number of carbonyl (C=O) groups is 3. The monoisotopic (exact) mass is 290 g/mol. The fraction of sp³-hybridized carbons (Fsp3) is 0.267. The molecule has 6 nitrogen and oxygen atoms in total. The third kappa shape index (κ3) is 5.48. The number of nitrogens with zero attached hydrogens (tertiary/aromatic N) is 1. The first-order valence-electron chi connectivity index (χ1n) is 6.37. The number of benzene rings is 1. The Hall–Kier alpha value is -2.63. The van der Waals surface area contributed by atoms with Crippen molar-refractivity contribution in [3.8, 4) is 0 Å². The molecule has 1 aromatic carbocycles. The van der Waals surface area contributed by atoms with Gasteiger partial charge in [0, 0.05) is 13.5 Å². The Kier molecular flexibility index (Phi) is 6.13. The highest BCUT2D eigenvalue weighted by atomic mass is 16.4. The average molecular weight is 290 g/mol. The second kappa shape index (κ2) is 7.84. The highest BCUT2D eigenvalue weighted by molar-refractivity contribution is 5.91. The zero-order valence-electron chi connectivity index (χ0n) is 11.8. The second-order valence-electron chi connectivity index (χ2n) is 4.55. The first kappa shape index (κ1) is 16.4. The smallest absolute Gasteiger partial charge is 0.326 e. The molecule has 2 N–H and O–H groups in total. The summed E-state index contributed by atoms with van der Waals surface area (Å²) >= 11 is 0. The van der Waals surface area contributed by atoms with E-state index in [9.17, 15) is 14.4 Å². The van der Waals surface area contributed by atoms with E-state index in [1.54, 1.807) is 24.3 Å². The molecule has 0 radical (unpaired) electrons. The fourth-order valence-corrected chi connectivity index (χ4v) is 1.74. The number of nitrogens with one attached hydrogen (secondary N) is 1. The number of carboxylic acid groups (broad SMARTS) is 1. The molecular weight excluding hydrogens is 272 g/mol. The Labute approximate surface area is 123 Å². The van der Waals surface area contributed by atoms with Crippen molar-refractivity contribution in [2.75, 3.05) is 13.6 Å². The summed E-state index contributed by atoms with van der Waals surface area (Å²) in [5.41, 5.74) is 0.806. The van der Waals surface area contributed by atoms with E-state index >= 15 is 0 Å². The van der Waals surface area contributed by atoms with Crippen molar-refractivity contribution in [3.63, 3.8) is 0 Å². The van der Waals surface area contributed by atoms with Gasteiger partial charge in [-0.25, -0.2) is 4.79 Å². The van der Waals surface area contributed by atoms with Crippen LogP contribution in [0.25, 0.3) is 0 Å². The van der Waals surface area contributed by atoms with Crippen molar-refractivity contribution in [1.82, 2.24) is 10.2 Å². The van der Waals surface area contributed by atoms with Crippen LogP contribution in [0.1, 0.15) is 5.56 Å². The molecule has 21 heavy (non-hydrogen) atoms. The van der Waals surface area contributed by atoms with Gasteiger partial charge in [-0.05, 0) is 11.6 Å². The topological polar surface area (TPSA) is 86.7 Å². The lowest BCUT2D eigenvalue weighted by Crippen LogP contribution is -2.46. The van der Waals surface area contributed by atoms with Crippen molar-refractivity contribution < 1.29 is 19.5 Å². The molecular formula is C15H18N2O4. The van der Waals surface area contributed by atoms with Gasteiger partial charge in [0.25, 0.3) is 0 Å². The van der Waals surface area contributed by atoms with Crippen LogP contribution in [0.2, 0.25) is 0 Å². The predicted octanol–water partition coefficient (Wildman–Crippen LogP) is 0.443. The number of aliphatic carboxylic acids is 1. The van der Waals surface area contributed by atoms with Crippen molar-refractivity contribution in [2.45, 2.75) is 12.5 Å². The molecule has 0 aliphatic rings. The molecule has 0 saturated carbocycles. The minimum atomic E-state index is -1.12. The number of amides is 2. The molecule has 112 valence electrons. The summed E-state index contributed by atoms with van der Waals surface area (Å²) in [4.78, 5) is 35.4. The zero-order valence-corrected chi connectivity index (χ0v) is 11.8. The van der Waals surface area contributed by atoms with Gasteiger partial charge in [0.2, 0.25) is 11.8 Å². The Bertz CT molecular complexity index is 528. The van der Waals surface area contributed by atoms with Crippen LogP contribution >= 0.6 is 0 Å². The lowest BCUT2D eigenvalue weighted by Gasteiger charge is -2.18. The van der Waals surface area contributed by atoms with Gasteiger partial charge < -0.3 is 15.3 Å². The van der Waals surface area contributed by atoms with Gasteiger partial charge in [0.1, 0.15) is 6.04 Å². The van der Waals surface area contributed by atoms with Crippen molar-refractivity contribution in [3.05, 3.63) is 48.6 Å². The first-order chi connectivity index (χ1) is 9.93. The number of carboxylic acids is 1. The van der Waals surface area contributed by atoms with E-state index < -0.39 is 23.8 Å². The van der Waals surface area contributed by atoms with Crippen molar-refractivity contribution in [2.24, 2.45) is 0 Å². The Morgan fingerprint density at radius 2 is 1.95 bits per heavy atom. The lowest BCUT2D eigenvalue weighted by atomic mass is 10.1. The molecule has 6 heteroatoms. The minimum absolute atomic E-state index is 0.182. The van der Waals surface area contributed by atoms with E-state index in [0.717, 1.165) is 16.5 Å². The van der Waals surface area contributed by atoms with Crippen LogP contribution in [0.15, 0.2) is 43.0 Å². The predicted molar refractivity (Wildman–Crippen MR) is 77.5 cm³/mol.